The predicted octanol–water partition coefficient (Wildman–Crippen LogP) is 3.20. The number of rotatable bonds is 6. The van der Waals surface area contributed by atoms with Gasteiger partial charge >= 0.3 is 0 Å². The molecule has 2 heterocycles. The van der Waals surface area contributed by atoms with E-state index in [4.69, 9.17) is 4.99 Å². The van der Waals surface area contributed by atoms with Crippen molar-refractivity contribution in [2.45, 2.75) is 59.8 Å². The minimum Gasteiger partial charge on any atom is -0.357 e. The first-order chi connectivity index (χ1) is 11.0. The molecule has 0 amide bonds. The van der Waals surface area contributed by atoms with E-state index < -0.39 is 0 Å². The van der Waals surface area contributed by atoms with Gasteiger partial charge in [-0.1, -0.05) is 20.8 Å². The van der Waals surface area contributed by atoms with E-state index in [1.54, 1.807) is 0 Å². The predicted molar refractivity (Wildman–Crippen MR) is 100 cm³/mol. The summed E-state index contributed by atoms with van der Waals surface area (Å²) in [5, 5.41) is 3.47. The molecule has 0 saturated carbocycles. The summed E-state index contributed by atoms with van der Waals surface area (Å²) in [5.41, 5.74) is 0.432. The van der Waals surface area contributed by atoms with E-state index in [-0.39, 0.29) is 0 Å². The van der Waals surface area contributed by atoms with Crippen LogP contribution >= 0.6 is 0 Å². The van der Waals surface area contributed by atoms with E-state index in [0.29, 0.717) is 5.41 Å². The maximum Gasteiger partial charge on any atom is 0.193 e. The molecule has 0 radical (unpaired) electrons. The highest BCUT2D eigenvalue weighted by atomic mass is 15.3. The van der Waals surface area contributed by atoms with Crippen LogP contribution < -0.4 is 5.32 Å². The Labute approximate surface area is 143 Å². The fourth-order valence-electron chi connectivity index (χ4n) is 3.84. The van der Waals surface area contributed by atoms with Gasteiger partial charge in [-0.05, 0) is 63.5 Å². The third kappa shape index (κ3) is 6.33. The average Bonchev–Trinajstić information content (AvgIpc) is 2.86. The van der Waals surface area contributed by atoms with E-state index in [0.717, 1.165) is 38.1 Å². The van der Waals surface area contributed by atoms with Crippen LogP contribution in [0.25, 0.3) is 0 Å². The van der Waals surface area contributed by atoms with E-state index in [1.165, 1.54) is 51.7 Å². The number of likely N-dealkylation sites (tertiary alicyclic amines) is 2. The van der Waals surface area contributed by atoms with Crippen molar-refractivity contribution in [3.8, 4) is 0 Å². The number of aliphatic imine (C=N–C) groups is 1. The van der Waals surface area contributed by atoms with Crippen molar-refractivity contribution >= 4 is 5.96 Å². The highest BCUT2D eigenvalue weighted by Gasteiger charge is 2.30. The smallest absolute Gasteiger partial charge is 0.193 e. The molecule has 0 aromatic rings. The molecule has 1 N–H and O–H groups in total. The lowest BCUT2D eigenvalue weighted by Gasteiger charge is -2.30. The number of guanidine groups is 1. The van der Waals surface area contributed by atoms with Gasteiger partial charge in [0.1, 0.15) is 0 Å². The van der Waals surface area contributed by atoms with Gasteiger partial charge < -0.3 is 15.1 Å². The summed E-state index contributed by atoms with van der Waals surface area (Å²) in [4.78, 5) is 9.96. The highest BCUT2D eigenvalue weighted by Crippen LogP contribution is 2.28. The Kier molecular flexibility index (Phi) is 7.19. The standard InChI is InChI=1S/C19H38N4/c1-5-20-18(23-14-10-19(3,4)16-23)21-11-6-7-12-22-13-8-9-17(2)15-22/h17H,5-16H2,1-4H3,(H,20,21). The Morgan fingerprint density at radius 3 is 2.74 bits per heavy atom. The maximum atomic E-state index is 4.87. The zero-order chi connectivity index (χ0) is 16.7. The summed E-state index contributed by atoms with van der Waals surface area (Å²) in [7, 11) is 0. The number of piperidine rings is 1. The summed E-state index contributed by atoms with van der Waals surface area (Å²) in [6.07, 6.45) is 6.55. The first-order valence-electron chi connectivity index (χ1n) is 9.76. The number of hydrogen-bond acceptors (Lipinski definition) is 2. The molecule has 1 unspecified atom stereocenters. The summed E-state index contributed by atoms with van der Waals surface area (Å²) in [6, 6.07) is 0. The van der Waals surface area contributed by atoms with E-state index in [2.05, 4.69) is 42.8 Å². The van der Waals surface area contributed by atoms with Gasteiger partial charge in [0, 0.05) is 32.7 Å². The minimum atomic E-state index is 0.432. The van der Waals surface area contributed by atoms with Gasteiger partial charge in [0.25, 0.3) is 0 Å². The molecule has 2 fully saturated rings. The second kappa shape index (κ2) is 8.91. The molecule has 4 heteroatoms. The average molecular weight is 323 g/mol. The number of nitrogens with zero attached hydrogens (tertiary/aromatic N) is 3. The molecule has 23 heavy (non-hydrogen) atoms. The van der Waals surface area contributed by atoms with Gasteiger partial charge in [-0.2, -0.15) is 0 Å². The van der Waals surface area contributed by atoms with Gasteiger partial charge in [0.15, 0.2) is 5.96 Å². The van der Waals surface area contributed by atoms with Crippen molar-refractivity contribution in [1.82, 2.24) is 15.1 Å². The third-order valence-electron chi connectivity index (χ3n) is 5.20. The van der Waals surface area contributed by atoms with Gasteiger partial charge in [-0.15, -0.1) is 0 Å². The third-order valence-corrected chi connectivity index (χ3v) is 5.20. The Hall–Kier alpha value is -0.770. The number of unbranched alkanes of at least 4 members (excludes halogenated alkanes) is 1. The van der Waals surface area contributed by atoms with Crippen molar-refractivity contribution in [3.63, 3.8) is 0 Å². The summed E-state index contributed by atoms with van der Waals surface area (Å²) in [5.74, 6) is 2.02. The molecule has 2 aliphatic rings. The van der Waals surface area contributed by atoms with Crippen LogP contribution in [0.3, 0.4) is 0 Å². The molecule has 0 aromatic carbocycles. The van der Waals surface area contributed by atoms with Crippen LogP contribution in [0.15, 0.2) is 4.99 Å². The summed E-state index contributed by atoms with van der Waals surface area (Å²) < 4.78 is 0. The molecule has 2 saturated heterocycles. The molecule has 2 aliphatic heterocycles. The topological polar surface area (TPSA) is 30.9 Å². The lowest BCUT2D eigenvalue weighted by Crippen LogP contribution is -2.40. The van der Waals surface area contributed by atoms with Crippen LogP contribution in [0.2, 0.25) is 0 Å². The Bertz CT molecular complexity index is 378. The number of nitrogens with one attached hydrogen (secondary N) is 1. The molecule has 0 bridgehead atoms. The van der Waals surface area contributed by atoms with Crippen molar-refractivity contribution in [3.05, 3.63) is 0 Å². The largest absolute Gasteiger partial charge is 0.357 e. The Balaban J connectivity index is 1.69. The summed E-state index contributed by atoms with van der Waals surface area (Å²) in [6.45, 7) is 17.3. The normalized spacial score (nSPS) is 25.8. The first-order valence-corrected chi connectivity index (χ1v) is 9.76. The van der Waals surface area contributed by atoms with E-state index in [1.807, 2.05) is 0 Å². The Morgan fingerprint density at radius 2 is 2.09 bits per heavy atom. The molecule has 0 spiro atoms. The van der Waals surface area contributed by atoms with Crippen LogP contribution in [0.4, 0.5) is 0 Å². The van der Waals surface area contributed by atoms with Gasteiger partial charge in [-0.25, -0.2) is 0 Å². The van der Waals surface area contributed by atoms with Crippen molar-refractivity contribution in [1.29, 1.82) is 0 Å². The molecule has 0 aliphatic carbocycles. The van der Waals surface area contributed by atoms with Crippen LogP contribution in [0, 0.1) is 11.3 Å². The zero-order valence-corrected chi connectivity index (χ0v) is 15.9. The lowest BCUT2D eigenvalue weighted by molar-refractivity contribution is 0.181. The second-order valence-electron chi connectivity index (χ2n) is 8.33. The fourth-order valence-corrected chi connectivity index (χ4v) is 3.84. The van der Waals surface area contributed by atoms with Crippen LogP contribution in [-0.4, -0.2) is 61.6 Å². The molecule has 0 aromatic heterocycles. The van der Waals surface area contributed by atoms with Gasteiger partial charge in [0.05, 0.1) is 0 Å². The van der Waals surface area contributed by atoms with E-state index in [9.17, 15) is 0 Å². The quantitative estimate of drug-likeness (QED) is 0.463. The molecular weight excluding hydrogens is 284 g/mol. The van der Waals surface area contributed by atoms with Crippen molar-refractivity contribution in [2.24, 2.45) is 16.3 Å². The van der Waals surface area contributed by atoms with Crippen molar-refractivity contribution in [2.75, 3.05) is 45.8 Å². The first kappa shape index (κ1) is 18.6. The summed E-state index contributed by atoms with van der Waals surface area (Å²) >= 11 is 0. The van der Waals surface area contributed by atoms with Gasteiger partial charge in [0.2, 0.25) is 0 Å². The molecule has 4 nitrogen and oxygen atoms in total. The maximum absolute atomic E-state index is 4.87. The lowest BCUT2D eigenvalue weighted by atomic mass is 9.93. The SMILES string of the molecule is CCNC(=NCCCCN1CCCC(C)C1)N1CCC(C)(C)C1. The second-order valence-corrected chi connectivity index (χ2v) is 8.33. The zero-order valence-electron chi connectivity index (χ0n) is 15.9. The van der Waals surface area contributed by atoms with Crippen LogP contribution in [0.5, 0.6) is 0 Å². The molecule has 1 atom stereocenters. The molecular formula is C19H38N4. The van der Waals surface area contributed by atoms with Crippen LogP contribution in [0.1, 0.15) is 59.8 Å². The molecule has 134 valence electrons. The monoisotopic (exact) mass is 322 g/mol. The van der Waals surface area contributed by atoms with E-state index >= 15 is 0 Å². The van der Waals surface area contributed by atoms with Crippen LogP contribution in [-0.2, 0) is 0 Å². The van der Waals surface area contributed by atoms with Gasteiger partial charge in [-0.3, -0.25) is 4.99 Å². The molecule has 2 rings (SSSR count). The number of hydrogen-bond donors (Lipinski definition) is 1. The van der Waals surface area contributed by atoms with Crippen molar-refractivity contribution < 1.29 is 0 Å². The Morgan fingerprint density at radius 1 is 1.26 bits per heavy atom. The fraction of sp³-hybridized carbons (Fsp3) is 0.947. The highest BCUT2D eigenvalue weighted by molar-refractivity contribution is 5.80. The minimum absolute atomic E-state index is 0.432.